The topological polar surface area (TPSA) is 23.8 Å². The van der Waals surface area contributed by atoms with Crippen molar-refractivity contribution in [3.63, 3.8) is 0 Å². The summed E-state index contributed by atoms with van der Waals surface area (Å²) >= 11 is 0. The van der Waals surface area contributed by atoms with E-state index in [9.17, 15) is 5.26 Å². The molecule has 0 heterocycles. The fourth-order valence-electron chi connectivity index (χ4n) is 3.04. The number of hydrogen-bond acceptors (Lipinski definition) is 1. The molecule has 0 radical (unpaired) electrons. The van der Waals surface area contributed by atoms with Crippen LogP contribution in [0.3, 0.4) is 0 Å². The molecule has 0 aliphatic heterocycles. The summed E-state index contributed by atoms with van der Waals surface area (Å²) in [6.07, 6.45) is 0. The molecule has 3 aromatic carbocycles. The van der Waals surface area contributed by atoms with Crippen molar-refractivity contribution in [2.24, 2.45) is 0 Å². The van der Waals surface area contributed by atoms with E-state index >= 15 is 0 Å². The molecular formula is C21H17N. The van der Waals surface area contributed by atoms with Gasteiger partial charge in [-0.05, 0) is 29.7 Å². The van der Waals surface area contributed by atoms with E-state index in [-0.39, 0.29) is 5.41 Å². The SMILES string of the molecule is CC(c1ccccc1)(c1ccccc1)c1ccccc1C#N. The minimum atomic E-state index is -0.352. The second-order valence-electron chi connectivity index (χ2n) is 5.51. The maximum atomic E-state index is 9.53. The molecule has 0 spiro atoms. The number of benzene rings is 3. The lowest BCUT2D eigenvalue weighted by Crippen LogP contribution is -2.26. The molecule has 3 rings (SSSR count). The zero-order valence-electron chi connectivity index (χ0n) is 12.5. The van der Waals surface area contributed by atoms with Gasteiger partial charge in [0.25, 0.3) is 0 Å². The zero-order chi connectivity index (χ0) is 15.4. The molecule has 3 aromatic rings. The molecule has 0 atom stereocenters. The van der Waals surface area contributed by atoms with Crippen LogP contribution in [0.4, 0.5) is 0 Å². The Morgan fingerprint density at radius 1 is 0.682 bits per heavy atom. The average Bonchev–Trinajstić information content (AvgIpc) is 2.62. The summed E-state index contributed by atoms with van der Waals surface area (Å²) in [7, 11) is 0. The van der Waals surface area contributed by atoms with Crippen molar-refractivity contribution in [3.05, 3.63) is 107 Å². The summed E-state index contributed by atoms with van der Waals surface area (Å²) < 4.78 is 0. The highest BCUT2D eigenvalue weighted by molar-refractivity contribution is 5.54. The molecule has 106 valence electrons. The lowest BCUT2D eigenvalue weighted by molar-refractivity contribution is 0.690. The van der Waals surface area contributed by atoms with E-state index in [1.54, 1.807) is 0 Å². The standard InChI is InChI=1S/C21H17N/c1-21(18-11-4-2-5-12-18,19-13-6-3-7-14-19)20-15-9-8-10-17(20)16-22/h2-15H,1H3. The van der Waals surface area contributed by atoms with E-state index < -0.39 is 0 Å². The molecule has 0 saturated carbocycles. The van der Waals surface area contributed by atoms with Crippen LogP contribution in [0.5, 0.6) is 0 Å². The van der Waals surface area contributed by atoms with Gasteiger partial charge in [-0.25, -0.2) is 0 Å². The van der Waals surface area contributed by atoms with Crippen molar-refractivity contribution in [1.82, 2.24) is 0 Å². The molecule has 0 bridgehead atoms. The van der Waals surface area contributed by atoms with E-state index in [0.29, 0.717) is 0 Å². The van der Waals surface area contributed by atoms with Crippen LogP contribution in [0, 0.1) is 11.3 Å². The fraction of sp³-hybridized carbons (Fsp3) is 0.0952. The summed E-state index contributed by atoms with van der Waals surface area (Å²) in [5.74, 6) is 0. The van der Waals surface area contributed by atoms with Gasteiger partial charge in [0.2, 0.25) is 0 Å². The van der Waals surface area contributed by atoms with Gasteiger partial charge in [0.15, 0.2) is 0 Å². The normalized spacial score (nSPS) is 10.9. The van der Waals surface area contributed by atoms with Gasteiger partial charge in [-0.3, -0.25) is 0 Å². The van der Waals surface area contributed by atoms with Crippen LogP contribution in [-0.4, -0.2) is 0 Å². The lowest BCUT2D eigenvalue weighted by Gasteiger charge is -2.32. The van der Waals surface area contributed by atoms with Crippen LogP contribution in [0.15, 0.2) is 84.9 Å². The number of nitrogens with zero attached hydrogens (tertiary/aromatic N) is 1. The molecule has 0 aliphatic carbocycles. The van der Waals surface area contributed by atoms with Crippen LogP contribution >= 0.6 is 0 Å². The zero-order valence-corrected chi connectivity index (χ0v) is 12.5. The lowest BCUT2D eigenvalue weighted by atomic mass is 9.70. The smallest absolute Gasteiger partial charge is 0.0994 e. The Balaban J connectivity index is 2.32. The summed E-state index contributed by atoms with van der Waals surface area (Å²) in [5.41, 5.74) is 3.77. The summed E-state index contributed by atoms with van der Waals surface area (Å²) in [6.45, 7) is 2.19. The quantitative estimate of drug-likeness (QED) is 0.626. The highest BCUT2D eigenvalue weighted by atomic mass is 14.4. The molecule has 1 heteroatoms. The van der Waals surface area contributed by atoms with Gasteiger partial charge in [0.1, 0.15) is 0 Å². The van der Waals surface area contributed by atoms with Gasteiger partial charge in [-0.1, -0.05) is 78.9 Å². The summed E-state index contributed by atoms with van der Waals surface area (Å²) in [6, 6.07) is 30.9. The molecular weight excluding hydrogens is 266 g/mol. The maximum Gasteiger partial charge on any atom is 0.0994 e. The molecule has 0 aliphatic rings. The van der Waals surface area contributed by atoms with Crippen molar-refractivity contribution in [3.8, 4) is 6.07 Å². The average molecular weight is 283 g/mol. The monoisotopic (exact) mass is 283 g/mol. The molecule has 0 saturated heterocycles. The molecule has 1 nitrogen and oxygen atoms in total. The predicted molar refractivity (Wildman–Crippen MR) is 89.6 cm³/mol. The van der Waals surface area contributed by atoms with Gasteiger partial charge in [-0.15, -0.1) is 0 Å². The Morgan fingerprint density at radius 3 is 1.64 bits per heavy atom. The first-order valence-corrected chi connectivity index (χ1v) is 7.37. The first kappa shape index (κ1) is 14.1. The Morgan fingerprint density at radius 2 is 1.14 bits per heavy atom. The van der Waals surface area contributed by atoms with E-state index in [0.717, 1.165) is 11.1 Å². The van der Waals surface area contributed by atoms with Crippen LogP contribution in [0.1, 0.15) is 29.2 Å². The second kappa shape index (κ2) is 5.87. The van der Waals surface area contributed by atoms with E-state index in [1.165, 1.54) is 11.1 Å². The second-order valence-corrected chi connectivity index (χ2v) is 5.51. The van der Waals surface area contributed by atoms with Crippen molar-refractivity contribution in [2.45, 2.75) is 12.3 Å². The Hall–Kier alpha value is -2.85. The minimum absolute atomic E-state index is 0.352. The van der Waals surface area contributed by atoms with E-state index in [1.807, 2.05) is 54.6 Å². The Bertz CT molecular complexity index is 759. The van der Waals surface area contributed by atoms with E-state index in [4.69, 9.17) is 0 Å². The Labute approximate surface area is 131 Å². The Kier molecular flexibility index (Phi) is 3.76. The van der Waals surface area contributed by atoms with Crippen LogP contribution in [0.25, 0.3) is 0 Å². The molecule has 0 unspecified atom stereocenters. The third kappa shape index (κ3) is 2.29. The van der Waals surface area contributed by atoms with Crippen molar-refractivity contribution in [2.75, 3.05) is 0 Å². The van der Waals surface area contributed by atoms with Gasteiger partial charge in [0, 0.05) is 5.41 Å². The first-order chi connectivity index (χ1) is 10.8. The third-order valence-electron chi connectivity index (χ3n) is 4.29. The molecule has 0 N–H and O–H groups in total. The van der Waals surface area contributed by atoms with Gasteiger partial charge in [0.05, 0.1) is 11.6 Å². The third-order valence-corrected chi connectivity index (χ3v) is 4.29. The molecule has 0 amide bonds. The highest BCUT2D eigenvalue weighted by Crippen LogP contribution is 2.39. The molecule has 22 heavy (non-hydrogen) atoms. The first-order valence-electron chi connectivity index (χ1n) is 7.37. The molecule has 0 aromatic heterocycles. The van der Waals surface area contributed by atoms with Crippen molar-refractivity contribution < 1.29 is 0 Å². The fourth-order valence-corrected chi connectivity index (χ4v) is 3.04. The van der Waals surface area contributed by atoms with E-state index in [2.05, 4.69) is 43.3 Å². The van der Waals surface area contributed by atoms with Crippen LogP contribution < -0.4 is 0 Å². The number of rotatable bonds is 3. The minimum Gasteiger partial charge on any atom is -0.192 e. The number of nitriles is 1. The van der Waals surface area contributed by atoms with Crippen LogP contribution in [-0.2, 0) is 5.41 Å². The summed E-state index contributed by atoms with van der Waals surface area (Å²) in [4.78, 5) is 0. The number of hydrogen-bond donors (Lipinski definition) is 0. The van der Waals surface area contributed by atoms with Crippen molar-refractivity contribution in [1.29, 1.82) is 5.26 Å². The predicted octanol–water partition coefficient (Wildman–Crippen LogP) is 4.91. The summed E-state index contributed by atoms with van der Waals surface area (Å²) in [5, 5.41) is 9.53. The van der Waals surface area contributed by atoms with Gasteiger partial charge >= 0.3 is 0 Å². The van der Waals surface area contributed by atoms with Crippen molar-refractivity contribution >= 4 is 0 Å². The largest absolute Gasteiger partial charge is 0.192 e. The molecule has 0 fully saturated rings. The van der Waals surface area contributed by atoms with Crippen LogP contribution in [0.2, 0.25) is 0 Å². The van der Waals surface area contributed by atoms with Gasteiger partial charge in [-0.2, -0.15) is 5.26 Å². The maximum absolute atomic E-state index is 9.53. The van der Waals surface area contributed by atoms with Gasteiger partial charge < -0.3 is 0 Å². The highest BCUT2D eigenvalue weighted by Gasteiger charge is 2.32.